The molecule has 1 aromatic carbocycles. The molecule has 0 bridgehead atoms. The number of nitrogens with one attached hydrogen (secondary N) is 3. The molecule has 0 unspecified atom stereocenters. The number of nitrogens with two attached hydrogens (primary N) is 1. The van der Waals surface area contributed by atoms with Crippen LogP contribution in [0.3, 0.4) is 0 Å². The van der Waals surface area contributed by atoms with Crippen molar-refractivity contribution in [2.75, 3.05) is 30.3 Å². The third kappa shape index (κ3) is 10.5. The number of benzene rings is 1. The Morgan fingerprint density at radius 2 is 1.97 bits per heavy atom. The van der Waals surface area contributed by atoms with Crippen LogP contribution < -0.4 is 21.7 Å². The van der Waals surface area contributed by atoms with Gasteiger partial charge in [-0.15, -0.1) is 0 Å². The van der Waals surface area contributed by atoms with Gasteiger partial charge >= 0.3 is 11.9 Å². The lowest BCUT2D eigenvalue weighted by Gasteiger charge is -2.13. The summed E-state index contributed by atoms with van der Waals surface area (Å²) in [6.07, 6.45) is 2.42. The molecule has 10 nitrogen and oxygen atoms in total. The van der Waals surface area contributed by atoms with E-state index in [0.717, 1.165) is 17.7 Å². The lowest BCUT2D eigenvalue weighted by Crippen LogP contribution is -2.30. The molecule has 0 fully saturated rings. The number of nitrogens with zero attached hydrogens (tertiary/aromatic N) is 2. The molecule has 0 radical (unpaired) electrons. The number of carbonyl (C=O) groups excluding carboxylic acids is 1. The van der Waals surface area contributed by atoms with Crippen molar-refractivity contribution in [2.45, 2.75) is 33.6 Å². The van der Waals surface area contributed by atoms with Crippen molar-refractivity contribution in [1.29, 1.82) is 0 Å². The molecule has 0 aliphatic heterocycles. The van der Waals surface area contributed by atoms with Crippen LogP contribution >= 0.6 is 12.2 Å². The van der Waals surface area contributed by atoms with Gasteiger partial charge in [-0.3, -0.25) is 4.79 Å². The maximum absolute atomic E-state index is 12.1. The van der Waals surface area contributed by atoms with E-state index in [4.69, 9.17) is 27.8 Å². The molecule has 0 atom stereocenters. The number of ether oxygens (including phenoxy) is 1. The number of anilines is 3. The summed E-state index contributed by atoms with van der Waals surface area (Å²) in [4.78, 5) is 30.2. The summed E-state index contributed by atoms with van der Waals surface area (Å²) in [6.45, 7) is 6.83. The summed E-state index contributed by atoms with van der Waals surface area (Å²) < 4.78 is 5.08. The second kappa shape index (κ2) is 14.5. The molecule has 0 saturated heterocycles. The predicted octanol–water partition coefficient (Wildman–Crippen LogP) is 2.82. The van der Waals surface area contributed by atoms with Crippen LogP contribution in [0.4, 0.5) is 17.5 Å². The summed E-state index contributed by atoms with van der Waals surface area (Å²) in [5.41, 5.74) is 7.67. The van der Waals surface area contributed by atoms with E-state index in [1.807, 2.05) is 31.2 Å². The van der Waals surface area contributed by atoms with E-state index >= 15 is 0 Å². The standard InChI is InChI=1S/C18H24N6O2S.C3H6O2/c1-3-26-16(25)14-11-22-18(23-13-7-4-6-12(2)10-13)24-15(14)20-8-5-9-21-17(19)27;1-2-3(4)5/h4,6-7,10-11H,3,5,8-9H2,1-2H3,(H3,19,21,27)(H2,20,22,23,24);2H2,1H3,(H,4,5). The van der Waals surface area contributed by atoms with E-state index < -0.39 is 11.9 Å². The van der Waals surface area contributed by atoms with Crippen LogP contribution in [0.1, 0.15) is 42.6 Å². The zero-order valence-corrected chi connectivity index (χ0v) is 19.3. The fourth-order valence-electron chi connectivity index (χ4n) is 2.29. The molecule has 2 aromatic rings. The maximum Gasteiger partial charge on any atom is 0.343 e. The average Bonchev–Trinajstić information content (AvgIpc) is 2.74. The molecule has 0 aliphatic carbocycles. The van der Waals surface area contributed by atoms with Crippen LogP contribution in [0.25, 0.3) is 0 Å². The summed E-state index contributed by atoms with van der Waals surface area (Å²) in [7, 11) is 0. The van der Waals surface area contributed by atoms with Gasteiger partial charge in [-0.1, -0.05) is 19.1 Å². The Morgan fingerprint density at radius 3 is 2.56 bits per heavy atom. The Labute approximate surface area is 193 Å². The van der Waals surface area contributed by atoms with Gasteiger partial charge < -0.3 is 31.5 Å². The quantitative estimate of drug-likeness (QED) is 0.201. The number of esters is 1. The predicted molar refractivity (Wildman–Crippen MR) is 128 cm³/mol. The number of aromatic nitrogens is 2. The van der Waals surface area contributed by atoms with Gasteiger partial charge in [0.15, 0.2) is 5.11 Å². The van der Waals surface area contributed by atoms with Gasteiger partial charge in [0.1, 0.15) is 11.4 Å². The fourth-order valence-corrected chi connectivity index (χ4v) is 2.40. The van der Waals surface area contributed by atoms with Crippen LogP contribution in [0.15, 0.2) is 30.5 Å². The normalized spacial score (nSPS) is 9.72. The SMILES string of the molecule is CCC(=O)O.CCOC(=O)c1cnc(Nc2cccc(C)c2)nc1NCCCNC(N)=S. The number of thiocarbonyl (C=S) groups is 1. The summed E-state index contributed by atoms with van der Waals surface area (Å²) in [6, 6.07) is 7.85. The third-order valence-electron chi connectivity index (χ3n) is 3.81. The minimum absolute atomic E-state index is 0.222. The molecule has 32 heavy (non-hydrogen) atoms. The van der Waals surface area contributed by atoms with Crippen LogP contribution in [0.5, 0.6) is 0 Å². The molecule has 1 heterocycles. The van der Waals surface area contributed by atoms with E-state index in [2.05, 4.69) is 25.9 Å². The van der Waals surface area contributed by atoms with E-state index in [1.54, 1.807) is 13.8 Å². The first-order valence-electron chi connectivity index (χ1n) is 10.1. The highest BCUT2D eigenvalue weighted by molar-refractivity contribution is 7.80. The van der Waals surface area contributed by atoms with E-state index in [9.17, 15) is 9.59 Å². The van der Waals surface area contributed by atoms with Crippen molar-refractivity contribution in [2.24, 2.45) is 5.73 Å². The monoisotopic (exact) mass is 462 g/mol. The topological polar surface area (TPSA) is 151 Å². The van der Waals surface area contributed by atoms with Gasteiger partial charge in [-0.2, -0.15) is 4.98 Å². The van der Waals surface area contributed by atoms with Crippen molar-refractivity contribution in [3.63, 3.8) is 0 Å². The van der Waals surface area contributed by atoms with Gasteiger partial charge in [-0.05, 0) is 50.2 Å². The van der Waals surface area contributed by atoms with Crippen molar-refractivity contribution in [3.05, 3.63) is 41.6 Å². The Hall–Kier alpha value is -3.47. The molecular formula is C21H30N6O4S. The Bertz CT molecular complexity index is 910. The smallest absolute Gasteiger partial charge is 0.343 e. The minimum atomic E-state index is -0.745. The number of carboxylic acid groups (broad SMARTS) is 1. The molecule has 11 heteroatoms. The van der Waals surface area contributed by atoms with Crippen molar-refractivity contribution in [1.82, 2.24) is 15.3 Å². The van der Waals surface area contributed by atoms with Gasteiger partial charge in [0.2, 0.25) is 5.95 Å². The highest BCUT2D eigenvalue weighted by atomic mass is 32.1. The fraction of sp³-hybridized carbons (Fsp3) is 0.381. The van der Waals surface area contributed by atoms with Crippen molar-refractivity contribution in [3.8, 4) is 0 Å². The molecule has 0 amide bonds. The van der Waals surface area contributed by atoms with E-state index in [0.29, 0.717) is 24.9 Å². The van der Waals surface area contributed by atoms with Gasteiger partial charge in [0.25, 0.3) is 0 Å². The minimum Gasteiger partial charge on any atom is -0.481 e. The second-order valence-electron chi connectivity index (χ2n) is 6.49. The first-order chi connectivity index (χ1) is 15.3. The van der Waals surface area contributed by atoms with Crippen LogP contribution in [0.2, 0.25) is 0 Å². The van der Waals surface area contributed by atoms with Gasteiger partial charge in [0.05, 0.1) is 6.61 Å². The molecule has 0 spiro atoms. The van der Waals surface area contributed by atoms with Gasteiger partial charge in [0, 0.05) is 31.4 Å². The van der Waals surface area contributed by atoms with E-state index in [1.165, 1.54) is 6.20 Å². The first kappa shape index (κ1) is 26.6. The van der Waals surface area contributed by atoms with Gasteiger partial charge in [-0.25, -0.2) is 9.78 Å². The van der Waals surface area contributed by atoms with E-state index in [-0.39, 0.29) is 23.7 Å². The van der Waals surface area contributed by atoms with Crippen LogP contribution in [0, 0.1) is 6.92 Å². The molecule has 6 N–H and O–H groups in total. The second-order valence-corrected chi connectivity index (χ2v) is 6.93. The Kier molecular flexibility index (Phi) is 12.1. The number of hydrogen-bond donors (Lipinski definition) is 5. The Morgan fingerprint density at radius 1 is 1.25 bits per heavy atom. The maximum atomic E-state index is 12.1. The molecule has 0 saturated carbocycles. The number of aryl methyl sites for hydroxylation is 1. The molecule has 1 aromatic heterocycles. The summed E-state index contributed by atoms with van der Waals surface area (Å²) in [5, 5.41) is 17.1. The number of rotatable bonds is 10. The lowest BCUT2D eigenvalue weighted by atomic mass is 10.2. The van der Waals surface area contributed by atoms with Crippen molar-refractivity contribution < 1.29 is 19.4 Å². The molecule has 174 valence electrons. The number of carbonyl (C=O) groups is 2. The van der Waals surface area contributed by atoms with Crippen molar-refractivity contribution >= 4 is 46.7 Å². The summed E-state index contributed by atoms with van der Waals surface area (Å²) >= 11 is 4.77. The molecular weight excluding hydrogens is 432 g/mol. The Balaban J connectivity index is 0.000000920. The van der Waals surface area contributed by atoms with Crippen LogP contribution in [-0.4, -0.2) is 51.8 Å². The van der Waals surface area contributed by atoms with Crippen LogP contribution in [-0.2, 0) is 9.53 Å². The zero-order valence-electron chi connectivity index (χ0n) is 18.5. The molecule has 0 aliphatic rings. The largest absolute Gasteiger partial charge is 0.481 e. The third-order valence-corrected chi connectivity index (χ3v) is 3.95. The number of carboxylic acids is 1. The highest BCUT2D eigenvalue weighted by Gasteiger charge is 2.16. The molecule has 2 rings (SSSR count). The zero-order chi connectivity index (χ0) is 23.9. The first-order valence-corrected chi connectivity index (χ1v) is 10.5. The average molecular weight is 463 g/mol. The summed E-state index contributed by atoms with van der Waals surface area (Å²) in [5.74, 6) is -0.417. The highest BCUT2D eigenvalue weighted by Crippen LogP contribution is 2.19. The number of hydrogen-bond acceptors (Lipinski definition) is 8. The number of aliphatic carboxylic acids is 1. The lowest BCUT2D eigenvalue weighted by molar-refractivity contribution is -0.136.